The molecule has 0 radical (unpaired) electrons. The van der Waals surface area contributed by atoms with E-state index in [0.717, 1.165) is 60.6 Å². The minimum atomic E-state index is 0.828. The van der Waals surface area contributed by atoms with Crippen LogP contribution in [0.5, 0.6) is 0 Å². The molecule has 0 aliphatic rings. The summed E-state index contributed by atoms with van der Waals surface area (Å²) in [5.41, 5.74) is 12.8. The molecule has 8 aromatic carbocycles. The molecule has 0 saturated heterocycles. The van der Waals surface area contributed by atoms with E-state index < -0.39 is 0 Å². The first-order chi connectivity index (χ1) is 25.8. The lowest BCUT2D eigenvalue weighted by Crippen LogP contribution is -1.93. The largest absolute Gasteiger partial charge is 0.456 e. The maximum Gasteiger partial charge on any atom is 0.147 e. The van der Waals surface area contributed by atoms with Crippen molar-refractivity contribution >= 4 is 87.5 Å². The van der Waals surface area contributed by atoms with Gasteiger partial charge in [-0.25, -0.2) is 0 Å². The number of fused-ring (bicyclic) bond motifs is 13. The fourth-order valence-electron chi connectivity index (χ4n) is 8.61. The maximum atomic E-state index is 6.52. The van der Waals surface area contributed by atoms with Gasteiger partial charge in [0.05, 0.1) is 27.5 Å². The second-order valence-corrected chi connectivity index (χ2v) is 13.7. The predicted molar refractivity (Wildman–Crippen MR) is 215 cm³/mol. The summed E-state index contributed by atoms with van der Waals surface area (Å²) in [5, 5.41) is 9.23. The van der Waals surface area contributed by atoms with E-state index in [-0.39, 0.29) is 0 Å². The highest BCUT2D eigenvalue weighted by molar-refractivity contribution is 6.22. The van der Waals surface area contributed by atoms with Crippen LogP contribution in [0.15, 0.2) is 179 Å². The number of para-hydroxylation sites is 4. The van der Waals surface area contributed by atoms with Crippen molar-refractivity contribution < 1.29 is 8.83 Å². The van der Waals surface area contributed by atoms with E-state index in [1.807, 2.05) is 12.1 Å². The number of benzene rings is 8. The molecule has 4 heterocycles. The fourth-order valence-corrected chi connectivity index (χ4v) is 8.61. The minimum absolute atomic E-state index is 0.828. The maximum absolute atomic E-state index is 6.52. The number of rotatable bonds is 3. The molecule has 52 heavy (non-hydrogen) atoms. The Morgan fingerprint density at radius 3 is 1.60 bits per heavy atom. The SMILES string of the molecule is c1ccc(-n2c3ccccc3c3cc(-c4ccc5c(c4)c4ccccc4n5-c4ccc5c(c4)oc4ccc6c7ccccc7oc6c45)ccc32)cc1. The molecule has 0 bridgehead atoms. The highest BCUT2D eigenvalue weighted by Crippen LogP contribution is 2.42. The summed E-state index contributed by atoms with van der Waals surface area (Å²) >= 11 is 0. The van der Waals surface area contributed by atoms with Gasteiger partial charge < -0.3 is 18.0 Å². The average Bonchev–Trinajstić information content (AvgIpc) is 3.95. The molecule has 0 saturated carbocycles. The molecule has 0 atom stereocenters. The van der Waals surface area contributed by atoms with E-state index >= 15 is 0 Å². The van der Waals surface area contributed by atoms with Crippen molar-refractivity contribution in [3.05, 3.63) is 170 Å². The third-order valence-electron chi connectivity index (χ3n) is 10.9. The summed E-state index contributed by atoms with van der Waals surface area (Å²) in [6, 6.07) is 60.7. The third kappa shape index (κ3) is 3.75. The Bertz CT molecular complexity index is 3410. The highest BCUT2D eigenvalue weighted by Gasteiger charge is 2.19. The van der Waals surface area contributed by atoms with Crippen LogP contribution in [-0.4, -0.2) is 9.13 Å². The smallest absolute Gasteiger partial charge is 0.147 e. The van der Waals surface area contributed by atoms with Gasteiger partial charge in [0, 0.05) is 55.1 Å². The van der Waals surface area contributed by atoms with Gasteiger partial charge in [0.1, 0.15) is 22.3 Å². The van der Waals surface area contributed by atoms with Crippen LogP contribution in [0, 0.1) is 0 Å². The van der Waals surface area contributed by atoms with E-state index in [9.17, 15) is 0 Å². The van der Waals surface area contributed by atoms with Gasteiger partial charge in [-0.2, -0.15) is 0 Å². The molecule has 0 aliphatic carbocycles. The van der Waals surface area contributed by atoms with Crippen molar-refractivity contribution in [1.29, 1.82) is 0 Å². The normalized spacial score (nSPS) is 12.2. The van der Waals surface area contributed by atoms with Crippen molar-refractivity contribution in [3.8, 4) is 22.5 Å². The van der Waals surface area contributed by atoms with Crippen molar-refractivity contribution in [2.24, 2.45) is 0 Å². The van der Waals surface area contributed by atoms with Gasteiger partial charge in [-0.05, 0) is 90.0 Å². The molecule has 0 unspecified atom stereocenters. The molecule has 0 fully saturated rings. The first-order valence-corrected chi connectivity index (χ1v) is 17.7. The molecule has 242 valence electrons. The molecule has 0 amide bonds. The predicted octanol–water partition coefficient (Wildman–Crippen LogP) is 13.3. The fraction of sp³-hybridized carbons (Fsp3) is 0. The summed E-state index contributed by atoms with van der Waals surface area (Å²) in [7, 11) is 0. The molecule has 0 aliphatic heterocycles. The monoisotopic (exact) mass is 664 g/mol. The lowest BCUT2D eigenvalue weighted by molar-refractivity contribution is 0.662. The Kier molecular flexibility index (Phi) is 5.47. The third-order valence-corrected chi connectivity index (χ3v) is 10.9. The molecular formula is C48H28N2O2. The van der Waals surface area contributed by atoms with E-state index in [1.54, 1.807) is 0 Å². The van der Waals surface area contributed by atoms with Gasteiger partial charge in [0.25, 0.3) is 0 Å². The number of hydrogen-bond acceptors (Lipinski definition) is 2. The Labute approximate surface area is 296 Å². The number of hydrogen-bond donors (Lipinski definition) is 0. The number of aromatic nitrogens is 2. The van der Waals surface area contributed by atoms with E-state index in [1.165, 1.54) is 49.4 Å². The van der Waals surface area contributed by atoms with Gasteiger partial charge >= 0.3 is 0 Å². The van der Waals surface area contributed by atoms with Crippen LogP contribution in [0.4, 0.5) is 0 Å². The molecule has 12 rings (SSSR count). The Balaban J connectivity index is 1.03. The Morgan fingerprint density at radius 2 is 0.885 bits per heavy atom. The van der Waals surface area contributed by atoms with Crippen LogP contribution in [0.3, 0.4) is 0 Å². The first-order valence-electron chi connectivity index (χ1n) is 17.7. The summed E-state index contributed by atoms with van der Waals surface area (Å²) in [4.78, 5) is 0. The molecule has 4 aromatic heterocycles. The van der Waals surface area contributed by atoms with Crippen LogP contribution in [0.1, 0.15) is 0 Å². The molecule has 12 aromatic rings. The lowest BCUT2D eigenvalue weighted by atomic mass is 10.0. The molecular weight excluding hydrogens is 637 g/mol. The van der Waals surface area contributed by atoms with E-state index in [2.05, 4.69) is 167 Å². The zero-order valence-corrected chi connectivity index (χ0v) is 27.9. The molecule has 4 heteroatoms. The van der Waals surface area contributed by atoms with Crippen molar-refractivity contribution in [2.45, 2.75) is 0 Å². The Hall–Kier alpha value is -7.04. The van der Waals surface area contributed by atoms with Crippen LogP contribution in [0.25, 0.3) is 110 Å². The quantitative estimate of drug-likeness (QED) is 0.188. The topological polar surface area (TPSA) is 36.1 Å². The van der Waals surface area contributed by atoms with Crippen LogP contribution < -0.4 is 0 Å². The van der Waals surface area contributed by atoms with Crippen molar-refractivity contribution in [2.75, 3.05) is 0 Å². The number of furan rings is 2. The van der Waals surface area contributed by atoms with Gasteiger partial charge in [-0.15, -0.1) is 0 Å². The van der Waals surface area contributed by atoms with Crippen LogP contribution >= 0.6 is 0 Å². The van der Waals surface area contributed by atoms with Crippen molar-refractivity contribution in [3.63, 3.8) is 0 Å². The van der Waals surface area contributed by atoms with Gasteiger partial charge in [-0.3, -0.25) is 0 Å². The second-order valence-electron chi connectivity index (χ2n) is 13.7. The van der Waals surface area contributed by atoms with Gasteiger partial charge in [0.15, 0.2) is 0 Å². The van der Waals surface area contributed by atoms with Crippen molar-refractivity contribution in [1.82, 2.24) is 9.13 Å². The second kappa shape index (κ2) is 10.3. The van der Waals surface area contributed by atoms with Gasteiger partial charge in [0.2, 0.25) is 0 Å². The summed E-state index contributed by atoms with van der Waals surface area (Å²) in [6.07, 6.45) is 0. The summed E-state index contributed by atoms with van der Waals surface area (Å²) in [5.74, 6) is 0. The van der Waals surface area contributed by atoms with Crippen LogP contribution in [0.2, 0.25) is 0 Å². The highest BCUT2D eigenvalue weighted by atomic mass is 16.3. The zero-order valence-electron chi connectivity index (χ0n) is 27.9. The van der Waals surface area contributed by atoms with E-state index in [0.29, 0.717) is 0 Å². The van der Waals surface area contributed by atoms with Crippen LogP contribution in [-0.2, 0) is 0 Å². The summed E-state index contributed by atoms with van der Waals surface area (Å²) < 4.78 is 17.6. The van der Waals surface area contributed by atoms with Gasteiger partial charge in [-0.1, -0.05) is 84.9 Å². The molecule has 0 N–H and O–H groups in total. The molecule has 4 nitrogen and oxygen atoms in total. The minimum Gasteiger partial charge on any atom is -0.456 e. The number of nitrogens with zero attached hydrogens (tertiary/aromatic N) is 2. The van der Waals surface area contributed by atoms with E-state index in [4.69, 9.17) is 8.83 Å². The molecule has 0 spiro atoms. The Morgan fingerprint density at radius 1 is 0.308 bits per heavy atom. The lowest BCUT2D eigenvalue weighted by Gasteiger charge is -2.09. The average molecular weight is 665 g/mol. The summed E-state index contributed by atoms with van der Waals surface area (Å²) in [6.45, 7) is 0. The standard InChI is InChI=1S/C48H28N2O2/c1-2-10-31(11-3-1)49-40-15-7-4-12-33(40)38-26-29(18-23-42(38)49)30-19-24-43-39(27-30)34-13-5-8-16-41(34)50(43)32-20-21-37-46(28-32)51-45-25-22-36-35-14-6-9-17-44(35)52-48(36)47(37)45/h1-28H. The zero-order chi connectivity index (χ0) is 33.9. The first kappa shape index (κ1) is 27.7.